The van der Waals surface area contributed by atoms with Crippen LogP contribution >= 0.6 is 17.2 Å². The van der Waals surface area contributed by atoms with E-state index >= 15 is 0 Å². The molecule has 0 heterocycles. The minimum atomic E-state index is -6.09. The van der Waals surface area contributed by atoms with Gasteiger partial charge in [0.25, 0.3) is 0 Å². The van der Waals surface area contributed by atoms with Crippen molar-refractivity contribution < 1.29 is 72.5 Å². The first-order valence-corrected chi connectivity index (χ1v) is 20.8. The van der Waals surface area contributed by atoms with E-state index in [1.165, 1.54) is 0 Å². The third-order valence-electron chi connectivity index (χ3n) is 5.91. The molecule has 0 saturated carbocycles. The summed E-state index contributed by atoms with van der Waals surface area (Å²) in [5.74, 6) is 4.25. The monoisotopic (exact) mass is 916 g/mol. The molecule has 6 aromatic carbocycles. The molecule has 0 radical (unpaired) electrons. The number of hydrogen-bond donors (Lipinski definition) is 0. The molecule has 0 unspecified atom stereocenters. The maximum Gasteiger partial charge on any atom is 0.530 e. The van der Waals surface area contributed by atoms with Crippen molar-refractivity contribution in [3.05, 3.63) is 195 Å². The van der Waals surface area contributed by atoms with Gasteiger partial charge in [-0.05, 0) is 72.8 Å². The zero-order valence-electron chi connectivity index (χ0n) is 29.2. The molecule has 0 bridgehead atoms. The summed E-state index contributed by atoms with van der Waals surface area (Å²) in [5.41, 5.74) is -5.65. The summed E-state index contributed by atoms with van der Waals surface area (Å²) in [6, 6.07) is 57.0. The Kier molecular flexibility index (Phi) is 20.5. The molecule has 0 spiro atoms. The number of halogens is 3. The van der Waals surface area contributed by atoms with Crippen LogP contribution in [-0.4, -0.2) is 18.5 Å². The van der Waals surface area contributed by atoms with Crippen LogP contribution in [0.2, 0.25) is 4.89 Å². The van der Waals surface area contributed by atoms with E-state index in [4.69, 9.17) is 40.1 Å². The van der Waals surface area contributed by atoms with Crippen molar-refractivity contribution in [1.29, 1.82) is 0 Å². The standard InChI is InChI=1S/2C18H15O3P.C3H5.CHF3O3S.Pd/c2*1-4-10-16(11-5-1)19-22(20-17-12-6-2-7-13-17)21-18-14-8-3-9-15-18;1-3-2;2-1(3,4)8(5,6)7;/h2*1-15H;3H,1-2H2;(H,5,6,7);/q;;;;+1/p-1. The van der Waals surface area contributed by atoms with Gasteiger partial charge in [0.1, 0.15) is 34.5 Å². The quantitative estimate of drug-likeness (QED) is 0.0367. The fraction of sp³-hybridized carbons (Fsp3) is 0.0500. The number of rotatable bonds is 13. The van der Waals surface area contributed by atoms with Gasteiger partial charge in [0.2, 0.25) is 0 Å². The van der Waals surface area contributed by atoms with E-state index in [2.05, 4.69) is 25.8 Å². The molecule has 0 aromatic heterocycles. The van der Waals surface area contributed by atoms with Gasteiger partial charge >= 0.3 is 59.5 Å². The molecule has 56 heavy (non-hydrogen) atoms. The van der Waals surface area contributed by atoms with Crippen molar-refractivity contribution >= 4 is 27.3 Å². The molecule has 0 fully saturated rings. The van der Waals surface area contributed by atoms with Gasteiger partial charge in [0.15, 0.2) is 10.1 Å². The molecule has 16 heteroatoms. The molecule has 6 rings (SSSR count). The first-order chi connectivity index (χ1) is 27.0. The maximum absolute atomic E-state index is 10.7. The van der Waals surface area contributed by atoms with Crippen molar-refractivity contribution in [1.82, 2.24) is 0 Å². The van der Waals surface area contributed by atoms with Crippen molar-refractivity contribution in [3.8, 4) is 34.5 Å². The van der Waals surface area contributed by atoms with Gasteiger partial charge in [0.05, 0.1) is 0 Å². The smallest absolute Gasteiger partial charge is 0.530 e. The van der Waals surface area contributed by atoms with Crippen molar-refractivity contribution in [2.75, 3.05) is 0 Å². The molecule has 0 atom stereocenters. The third kappa shape index (κ3) is 19.1. The summed E-state index contributed by atoms with van der Waals surface area (Å²) < 4.78 is 94.0. The molecule has 6 aromatic rings. The molecule has 0 aliphatic heterocycles. The summed E-state index contributed by atoms with van der Waals surface area (Å²) in [5, 5.41) is 0. The molecule has 0 N–H and O–H groups in total. The van der Waals surface area contributed by atoms with E-state index in [1.54, 1.807) is 0 Å². The summed E-state index contributed by atoms with van der Waals surface area (Å²) in [4.78, 5) is 0.933. The van der Waals surface area contributed by atoms with Crippen LogP contribution in [0, 0.1) is 0 Å². The van der Waals surface area contributed by atoms with E-state index in [1.807, 2.05) is 188 Å². The molecular weight excluding hydrogens is 882 g/mol. The molecule has 0 aliphatic carbocycles. The van der Waals surface area contributed by atoms with E-state index in [-0.39, 0.29) is 0 Å². The molecule has 0 saturated heterocycles. The van der Waals surface area contributed by atoms with Gasteiger partial charge in [-0.2, -0.15) is 13.2 Å². The van der Waals surface area contributed by atoms with Crippen LogP contribution < -0.4 is 27.1 Å². The number of alkyl halides is 3. The average Bonchev–Trinajstić information content (AvgIpc) is 3.20. The van der Waals surface area contributed by atoms with Crippen LogP contribution in [-0.2, 0) is 29.3 Å². The van der Waals surface area contributed by atoms with E-state index < -0.39 is 32.8 Å². The fourth-order valence-electron chi connectivity index (χ4n) is 3.52. The normalized spacial score (nSPS) is 10.5. The van der Waals surface area contributed by atoms with Crippen molar-refractivity contribution in [2.45, 2.75) is 10.4 Å². The average molecular weight is 917 g/mol. The first kappa shape index (κ1) is 45.5. The number of benzene rings is 6. The van der Waals surface area contributed by atoms with Crippen LogP contribution in [0.15, 0.2) is 195 Å². The number of allylic oxidation sites excluding steroid dienone is 1. The van der Waals surface area contributed by atoms with Crippen LogP contribution in [0.3, 0.4) is 0 Å². The van der Waals surface area contributed by atoms with Gasteiger partial charge in [-0.3, -0.25) is 0 Å². The van der Waals surface area contributed by atoms with E-state index in [0.717, 1.165) is 4.89 Å². The van der Waals surface area contributed by atoms with Crippen LogP contribution in [0.5, 0.6) is 34.5 Å². The van der Waals surface area contributed by atoms with Crippen molar-refractivity contribution in [2.24, 2.45) is 0 Å². The minimum Gasteiger partial charge on any atom is -0.741 e. The Balaban J connectivity index is 0.000000234. The third-order valence-corrected chi connectivity index (χ3v) is 9.09. The Labute approximate surface area is 337 Å². The van der Waals surface area contributed by atoms with Gasteiger partial charge in [-0.15, -0.1) is 0 Å². The Morgan fingerprint density at radius 2 is 0.625 bits per heavy atom. The molecular formula is C40H35F3O9P2PdS. The van der Waals surface area contributed by atoms with Gasteiger partial charge in [-0.25, -0.2) is 8.42 Å². The van der Waals surface area contributed by atoms with Crippen LogP contribution in [0.25, 0.3) is 0 Å². The molecule has 0 aliphatic rings. The van der Waals surface area contributed by atoms with Crippen LogP contribution in [0.4, 0.5) is 13.2 Å². The molecule has 296 valence electrons. The first-order valence-electron chi connectivity index (χ1n) is 16.1. The summed E-state index contributed by atoms with van der Waals surface area (Å²) in [6.07, 6.45) is 1.81. The minimum absolute atomic E-state index is 0.709. The van der Waals surface area contributed by atoms with E-state index in [9.17, 15) is 13.2 Å². The summed E-state index contributed by atoms with van der Waals surface area (Å²) in [7, 11) is -9.27. The van der Waals surface area contributed by atoms with Crippen LogP contribution in [0.1, 0.15) is 0 Å². The van der Waals surface area contributed by atoms with Gasteiger partial charge < -0.3 is 31.7 Å². The van der Waals surface area contributed by atoms with Gasteiger partial charge in [-0.1, -0.05) is 109 Å². The van der Waals surface area contributed by atoms with Crippen molar-refractivity contribution in [3.63, 3.8) is 0 Å². The predicted octanol–water partition coefficient (Wildman–Crippen LogP) is 12.1. The number of para-hydroxylation sites is 6. The zero-order chi connectivity index (χ0) is 40.5. The summed E-state index contributed by atoms with van der Waals surface area (Å²) in [6.45, 7) is 3.44. The Bertz CT molecular complexity index is 1710. The Hall–Kier alpha value is -4.92. The maximum atomic E-state index is 10.7. The SMILES string of the molecule is C=C[CH2][Pd+].O=S(=O)([O-])C(F)(F)F.c1ccc(OP(Oc2ccccc2)Oc2ccccc2)cc1.c1ccc(OP(Oc2ccccc2)Oc2ccccc2)cc1. The summed E-state index contributed by atoms with van der Waals surface area (Å²) >= 11 is 2.92. The van der Waals surface area contributed by atoms with E-state index in [0.29, 0.717) is 34.5 Å². The Morgan fingerprint density at radius 3 is 0.732 bits per heavy atom. The van der Waals surface area contributed by atoms with Gasteiger partial charge in [0, 0.05) is 0 Å². The largest absolute Gasteiger partial charge is 0.741 e. The fourth-order valence-corrected chi connectivity index (χ4v) is 5.50. The molecule has 0 amide bonds. The zero-order valence-corrected chi connectivity index (χ0v) is 33.4. The predicted molar refractivity (Wildman–Crippen MR) is 207 cm³/mol. The Morgan fingerprint density at radius 1 is 0.482 bits per heavy atom. The second-order valence-electron chi connectivity index (χ2n) is 10.2. The second kappa shape index (κ2) is 25.3. The topological polar surface area (TPSA) is 113 Å². The number of hydrogen-bond acceptors (Lipinski definition) is 9. The molecule has 9 nitrogen and oxygen atoms in total. The second-order valence-corrected chi connectivity index (χ2v) is 14.2.